The summed E-state index contributed by atoms with van der Waals surface area (Å²) in [4.78, 5) is 26.5. The first kappa shape index (κ1) is 27.4. The second-order valence-electron chi connectivity index (χ2n) is 11.1. The Morgan fingerprint density at radius 1 is 1.08 bits per heavy atom. The highest BCUT2D eigenvalue weighted by atomic mass is 19.1. The van der Waals surface area contributed by atoms with Gasteiger partial charge in [-0.1, -0.05) is 26.0 Å². The van der Waals surface area contributed by atoms with Crippen molar-refractivity contribution >= 4 is 29.0 Å². The van der Waals surface area contributed by atoms with Crippen LogP contribution in [0.5, 0.6) is 0 Å². The van der Waals surface area contributed by atoms with Gasteiger partial charge in [0, 0.05) is 49.6 Å². The van der Waals surface area contributed by atoms with Crippen molar-refractivity contribution < 1.29 is 9.18 Å². The molecule has 2 bridgehead atoms. The van der Waals surface area contributed by atoms with Gasteiger partial charge >= 0.3 is 0 Å². The van der Waals surface area contributed by atoms with Crippen LogP contribution in [0.3, 0.4) is 0 Å². The van der Waals surface area contributed by atoms with Gasteiger partial charge in [0.25, 0.3) is 0 Å². The molecule has 3 N–H and O–H groups in total. The van der Waals surface area contributed by atoms with Crippen LogP contribution in [0.1, 0.15) is 45.1 Å². The Bertz CT molecular complexity index is 1190. The molecule has 3 aliphatic carbocycles. The van der Waals surface area contributed by atoms with E-state index in [2.05, 4.69) is 74.0 Å². The van der Waals surface area contributed by atoms with E-state index in [-0.39, 0.29) is 41.6 Å². The molecule has 3 fully saturated rings. The number of aromatic nitrogens is 2. The molecule has 1 saturated heterocycles. The number of aryl methyl sites for hydroxylation is 1. The molecule has 6 rings (SSSR count). The van der Waals surface area contributed by atoms with Gasteiger partial charge in [-0.05, 0) is 75.3 Å². The summed E-state index contributed by atoms with van der Waals surface area (Å²) in [6.45, 7) is 10.2. The van der Waals surface area contributed by atoms with Gasteiger partial charge in [-0.15, -0.1) is 0 Å². The summed E-state index contributed by atoms with van der Waals surface area (Å²) in [6, 6.07) is 6.32. The molecule has 1 aliphatic heterocycles. The van der Waals surface area contributed by atoms with Gasteiger partial charge in [0.15, 0.2) is 11.6 Å². The van der Waals surface area contributed by atoms with E-state index in [0.29, 0.717) is 5.95 Å². The first-order valence-electron chi connectivity index (χ1n) is 14.5. The second kappa shape index (κ2) is 11.9. The van der Waals surface area contributed by atoms with Gasteiger partial charge in [0.05, 0.1) is 12.1 Å². The largest absolute Gasteiger partial charge is 0.369 e. The molecule has 0 spiro atoms. The Balaban J connectivity index is 0.00000151. The summed E-state index contributed by atoms with van der Waals surface area (Å²) in [6.07, 6.45) is 9.66. The summed E-state index contributed by atoms with van der Waals surface area (Å²) < 4.78 is 14.8. The molecule has 8 nitrogen and oxygen atoms in total. The van der Waals surface area contributed by atoms with Gasteiger partial charge in [0.2, 0.25) is 11.9 Å². The highest BCUT2D eigenvalue weighted by Gasteiger charge is 2.49. The highest BCUT2D eigenvalue weighted by molar-refractivity contribution is 5.82. The zero-order valence-electron chi connectivity index (χ0n) is 23.6. The minimum absolute atomic E-state index is 0.0720. The van der Waals surface area contributed by atoms with Crippen LogP contribution in [0.2, 0.25) is 0 Å². The van der Waals surface area contributed by atoms with Crippen LogP contribution in [-0.4, -0.2) is 66.1 Å². The van der Waals surface area contributed by atoms with Crippen molar-refractivity contribution in [3.05, 3.63) is 47.9 Å². The summed E-state index contributed by atoms with van der Waals surface area (Å²) in [5.41, 5.74) is 3.26. The van der Waals surface area contributed by atoms with Crippen molar-refractivity contribution in [1.82, 2.24) is 20.2 Å². The number of rotatable bonds is 7. The quantitative estimate of drug-likeness (QED) is 0.443. The molecule has 4 aliphatic rings. The molecule has 210 valence electrons. The number of hydrogen-bond donors (Lipinski definition) is 3. The summed E-state index contributed by atoms with van der Waals surface area (Å²) in [5, 5.41) is 9.72. The van der Waals surface area contributed by atoms with E-state index in [4.69, 9.17) is 0 Å². The fourth-order valence-electron chi connectivity index (χ4n) is 6.18. The lowest BCUT2D eigenvalue weighted by molar-refractivity contribution is -0.127. The Morgan fingerprint density at radius 2 is 1.82 bits per heavy atom. The predicted molar refractivity (Wildman–Crippen MR) is 155 cm³/mol. The number of benzene rings is 1. The number of hydrogen-bond acceptors (Lipinski definition) is 7. The van der Waals surface area contributed by atoms with Gasteiger partial charge < -0.3 is 25.8 Å². The smallest absolute Gasteiger partial charge is 0.229 e. The molecule has 2 saturated carbocycles. The van der Waals surface area contributed by atoms with Crippen molar-refractivity contribution in [2.75, 3.05) is 48.8 Å². The Kier molecular flexibility index (Phi) is 8.35. The van der Waals surface area contributed by atoms with E-state index in [1.807, 2.05) is 19.9 Å². The number of carbonyl (C=O) groups excluding carboxylic acids is 1. The molecule has 4 atom stereocenters. The number of fused-ring (bicyclic) bond motifs is 2. The third-order valence-corrected chi connectivity index (χ3v) is 8.56. The van der Waals surface area contributed by atoms with Crippen molar-refractivity contribution in [3.63, 3.8) is 0 Å². The minimum atomic E-state index is -0.517. The second-order valence-corrected chi connectivity index (χ2v) is 11.1. The Hall–Kier alpha value is -3.20. The van der Waals surface area contributed by atoms with Crippen molar-refractivity contribution in [3.8, 4) is 0 Å². The first-order valence-corrected chi connectivity index (χ1v) is 14.5. The van der Waals surface area contributed by atoms with Gasteiger partial charge in [-0.3, -0.25) is 4.79 Å². The topological polar surface area (TPSA) is 85.4 Å². The van der Waals surface area contributed by atoms with E-state index in [0.717, 1.165) is 51.1 Å². The maximum atomic E-state index is 14.8. The van der Waals surface area contributed by atoms with Gasteiger partial charge in [-0.25, -0.2) is 9.37 Å². The number of allylic oxidation sites excluding steroid dienone is 1. The minimum Gasteiger partial charge on any atom is -0.369 e. The van der Waals surface area contributed by atoms with E-state index in [1.54, 1.807) is 0 Å². The number of likely N-dealkylation sites (N-methyl/N-ethyl adjacent to an activating group) is 1. The molecule has 0 radical (unpaired) electrons. The van der Waals surface area contributed by atoms with Crippen LogP contribution in [0.4, 0.5) is 27.5 Å². The molecule has 1 aromatic carbocycles. The SMILES string of the molecule is CC.Cc1cc(Nc2ncc(F)c(NC3C4C=CC(C4)C3C(=O)NC3CCC3)n2)ccc1N1CCN(C)CC1. The van der Waals surface area contributed by atoms with Crippen LogP contribution in [0.25, 0.3) is 0 Å². The van der Waals surface area contributed by atoms with Crippen molar-refractivity contribution in [2.45, 2.75) is 58.5 Å². The molecular weight excluding hydrogens is 493 g/mol. The van der Waals surface area contributed by atoms with Gasteiger partial charge in [-0.2, -0.15) is 4.98 Å². The average Bonchev–Trinajstić information content (AvgIpc) is 3.52. The molecule has 4 unspecified atom stereocenters. The number of amides is 1. The summed E-state index contributed by atoms with van der Waals surface area (Å²) in [7, 11) is 2.15. The molecular formula is C30H42FN7O. The number of piperazine rings is 1. The Morgan fingerprint density at radius 3 is 2.51 bits per heavy atom. The van der Waals surface area contributed by atoms with Crippen LogP contribution >= 0.6 is 0 Å². The number of nitrogens with zero attached hydrogens (tertiary/aromatic N) is 4. The normalized spacial score (nSPS) is 26.0. The van der Waals surface area contributed by atoms with E-state index in [9.17, 15) is 9.18 Å². The van der Waals surface area contributed by atoms with Crippen molar-refractivity contribution in [1.29, 1.82) is 0 Å². The van der Waals surface area contributed by atoms with Crippen LogP contribution in [-0.2, 0) is 4.79 Å². The first-order chi connectivity index (χ1) is 18.9. The van der Waals surface area contributed by atoms with Crippen molar-refractivity contribution in [2.24, 2.45) is 17.8 Å². The lowest BCUT2D eigenvalue weighted by atomic mass is 9.86. The molecule has 39 heavy (non-hydrogen) atoms. The monoisotopic (exact) mass is 535 g/mol. The Labute approximate surface area is 231 Å². The number of carbonyl (C=O) groups is 1. The van der Waals surface area contributed by atoms with Crippen LogP contribution in [0, 0.1) is 30.5 Å². The fourth-order valence-corrected chi connectivity index (χ4v) is 6.18. The molecule has 1 amide bonds. The third-order valence-electron chi connectivity index (χ3n) is 8.56. The summed E-state index contributed by atoms with van der Waals surface area (Å²) >= 11 is 0. The number of nitrogens with one attached hydrogen (secondary N) is 3. The van der Waals surface area contributed by atoms with Crippen LogP contribution in [0.15, 0.2) is 36.5 Å². The fraction of sp³-hybridized carbons (Fsp3) is 0.567. The molecule has 9 heteroatoms. The lowest BCUT2D eigenvalue weighted by Crippen LogP contribution is -2.48. The lowest BCUT2D eigenvalue weighted by Gasteiger charge is -2.35. The molecule has 2 heterocycles. The van der Waals surface area contributed by atoms with Gasteiger partial charge in [0.1, 0.15) is 0 Å². The van der Waals surface area contributed by atoms with E-state index < -0.39 is 5.82 Å². The van der Waals surface area contributed by atoms with E-state index in [1.165, 1.54) is 23.9 Å². The number of halogens is 1. The predicted octanol–water partition coefficient (Wildman–Crippen LogP) is 4.72. The van der Waals surface area contributed by atoms with Crippen LogP contribution < -0.4 is 20.9 Å². The molecule has 1 aromatic heterocycles. The average molecular weight is 536 g/mol. The molecule has 2 aromatic rings. The standard InChI is InChI=1S/C28H36FN7O.C2H6/c1-17-14-21(8-9-23(17)36-12-10-35(2)11-13-36)32-28-30-16-22(29)26(34-28)33-25-19-7-6-18(15-19)24(25)27(37)31-20-4-3-5-20;1-2/h6-9,14,16,18-20,24-25H,3-5,10-13,15H2,1-2H3,(H,31,37)(H2,30,32,33,34);1-2H3. The maximum absolute atomic E-state index is 14.8. The zero-order valence-corrected chi connectivity index (χ0v) is 23.6. The highest BCUT2D eigenvalue weighted by Crippen LogP contribution is 2.45. The zero-order chi connectivity index (χ0) is 27.5. The summed E-state index contributed by atoms with van der Waals surface area (Å²) in [5.74, 6) is 0.177. The maximum Gasteiger partial charge on any atom is 0.229 e. The third kappa shape index (κ3) is 5.88. The number of anilines is 4. The van der Waals surface area contributed by atoms with E-state index >= 15 is 0 Å².